The second kappa shape index (κ2) is 10.5. The van der Waals surface area contributed by atoms with Gasteiger partial charge in [0.15, 0.2) is 0 Å². The van der Waals surface area contributed by atoms with Crippen molar-refractivity contribution in [3.05, 3.63) is 51.7 Å². The van der Waals surface area contributed by atoms with Crippen LogP contribution in [0.1, 0.15) is 17.7 Å². The molecule has 1 aromatic carbocycles. The Kier molecular flexibility index (Phi) is 7.48. The van der Waals surface area contributed by atoms with Crippen LogP contribution in [0.25, 0.3) is 0 Å². The monoisotopic (exact) mass is 461 g/mol. The zero-order valence-corrected chi connectivity index (χ0v) is 19.1. The first-order valence-electron chi connectivity index (χ1n) is 10.8. The van der Waals surface area contributed by atoms with E-state index in [9.17, 15) is 9.59 Å². The number of rotatable bonds is 7. The van der Waals surface area contributed by atoms with E-state index in [4.69, 9.17) is 16.3 Å². The molecule has 0 bridgehead atoms. The van der Waals surface area contributed by atoms with Crippen molar-refractivity contribution in [3.8, 4) is 5.75 Å². The zero-order chi connectivity index (χ0) is 21.6. The van der Waals surface area contributed by atoms with Gasteiger partial charge in [0.25, 0.3) is 0 Å². The van der Waals surface area contributed by atoms with E-state index >= 15 is 0 Å². The molecule has 4 rings (SSSR count). The van der Waals surface area contributed by atoms with E-state index in [1.54, 1.807) is 16.2 Å². The Morgan fingerprint density at radius 3 is 2.61 bits per heavy atom. The van der Waals surface area contributed by atoms with Crippen LogP contribution >= 0.6 is 22.9 Å². The number of hydrogen-bond acceptors (Lipinski definition) is 5. The number of ether oxygens (including phenoxy) is 1. The van der Waals surface area contributed by atoms with Crippen molar-refractivity contribution in [1.29, 1.82) is 0 Å². The molecule has 2 aliphatic rings. The van der Waals surface area contributed by atoms with Gasteiger partial charge >= 0.3 is 0 Å². The van der Waals surface area contributed by atoms with Gasteiger partial charge in [-0.2, -0.15) is 0 Å². The molecule has 6 nitrogen and oxygen atoms in total. The fraction of sp³-hybridized carbons (Fsp3) is 0.478. The molecule has 0 aliphatic carbocycles. The molecule has 0 saturated carbocycles. The summed E-state index contributed by atoms with van der Waals surface area (Å²) in [6, 6.07) is 11.1. The van der Waals surface area contributed by atoms with E-state index in [1.807, 2.05) is 46.7 Å². The number of carbonyl (C=O) groups is 2. The van der Waals surface area contributed by atoms with Gasteiger partial charge in [-0.1, -0.05) is 29.8 Å². The Bertz CT molecular complexity index is 884. The minimum absolute atomic E-state index is 0.0636. The van der Waals surface area contributed by atoms with Crippen molar-refractivity contribution in [3.63, 3.8) is 0 Å². The number of piperazine rings is 1. The number of thiophene rings is 1. The van der Waals surface area contributed by atoms with Crippen molar-refractivity contribution in [2.24, 2.45) is 0 Å². The highest BCUT2D eigenvalue weighted by atomic mass is 35.5. The fourth-order valence-electron chi connectivity index (χ4n) is 4.23. The third-order valence-corrected chi connectivity index (χ3v) is 7.14. The van der Waals surface area contributed by atoms with Crippen molar-refractivity contribution in [2.45, 2.75) is 25.3 Å². The molecule has 166 valence electrons. The summed E-state index contributed by atoms with van der Waals surface area (Å²) >= 11 is 7.71. The highest BCUT2D eigenvalue weighted by molar-refractivity contribution is 7.10. The van der Waals surface area contributed by atoms with Gasteiger partial charge in [0.2, 0.25) is 11.8 Å². The summed E-state index contributed by atoms with van der Waals surface area (Å²) in [5.74, 6) is 0.865. The average molecular weight is 462 g/mol. The van der Waals surface area contributed by atoms with Gasteiger partial charge in [0.05, 0.1) is 11.4 Å². The molecule has 31 heavy (non-hydrogen) atoms. The van der Waals surface area contributed by atoms with E-state index in [0.29, 0.717) is 43.4 Å². The number of hydrogen-bond donors (Lipinski definition) is 0. The van der Waals surface area contributed by atoms with E-state index in [1.165, 1.54) is 0 Å². The minimum Gasteiger partial charge on any atom is -0.491 e. The Morgan fingerprint density at radius 2 is 1.87 bits per heavy atom. The van der Waals surface area contributed by atoms with Gasteiger partial charge in [0, 0.05) is 44.1 Å². The summed E-state index contributed by atoms with van der Waals surface area (Å²) in [7, 11) is 0. The van der Waals surface area contributed by atoms with Crippen LogP contribution < -0.4 is 4.74 Å². The Hall–Kier alpha value is -2.09. The third-order valence-electron chi connectivity index (χ3n) is 5.95. The summed E-state index contributed by atoms with van der Waals surface area (Å²) in [4.78, 5) is 33.0. The maximum Gasteiger partial charge on any atom is 0.245 e. The lowest BCUT2D eigenvalue weighted by Crippen LogP contribution is -2.54. The number of nitrogens with zero attached hydrogens (tertiary/aromatic N) is 3. The topological polar surface area (TPSA) is 53.1 Å². The molecule has 2 aromatic rings. The molecule has 2 saturated heterocycles. The molecule has 1 aromatic heterocycles. The lowest BCUT2D eigenvalue weighted by atomic mass is 10.1. The molecule has 1 atom stereocenters. The second-order valence-corrected chi connectivity index (χ2v) is 9.39. The lowest BCUT2D eigenvalue weighted by molar-refractivity contribution is -0.144. The summed E-state index contributed by atoms with van der Waals surface area (Å²) in [5, 5.41) is 2.60. The summed E-state index contributed by atoms with van der Waals surface area (Å²) in [5.41, 5.74) is 0. The minimum atomic E-state index is -0.303. The highest BCUT2D eigenvalue weighted by Gasteiger charge is 2.37. The quantitative estimate of drug-likeness (QED) is 0.635. The van der Waals surface area contributed by atoms with Crippen LogP contribution in [0.4, 0.5) is 0 Å². The third kappa shape index (κ3) is 5.59. The largest absolute Gasteiger partial charge is 0.491 e. The van der Waals surface area contributed by atoms with Gasteiger partial charge in [-0.25, -0.2) is 0 Å². The number of amides is 2. The van der Waals surface area contributed by atoms with Crippen LogP contribution in [0.15, 0.2) is 41.8 Å². The molecular formula is C23H28ClN3O3S. The van der Waals surface area contributed by atoms with Crippen LogP contribution in [0.3, 0.4) is 0 Å². The van der Waals surface area contributed by atoms with E-state index < -0.39 is 0 Å². The van der Waals surface area contributed by atoms with Crippen LogP contribution in [0.2, 0.25) is 5.02 Å². The molecular weight excluding hydrogens is 434 g/mol. The molecule has 1 unspecified atom stereocenters. The maximum atomic E-state index is 13.1. The zero-order valence-electron chi connectivity index (χ0n) is 17.5. The number of carbonyl (C=O) groups excluding carboxylic acids is 2. The highest BCUT2D eigenvalue weighted by Crippen LogP contribution is 2.24. The SMILES string of the molecule is O=C(C1CCCN1C(=O)Cc1cccs1)N1CCN(CCOc2ccccc2Cl)CC1. The van der Waals surface area contributed by atoms with Crippen molar-refractivity contribution < 1.29 is 14.3 Å². The summed E-state index contributed by atoms with van der Waals surface area (Å²) in [6.45, 7) is 5.04. The first-order valence-corrected chi connectivity index (χ1v) is 12.1. The number of halogens is 1. The van der Waals surface area contributed by atoms with Gasteiger partial charge in [-0.05, 0) is 36.4 Å². The van der Waals surface area contributed by atoms with Crippen molar-refractivity contribution in [1.82, 2.24) is 14.7 Å². The molecule has 0 spiro atoms. The van der Waals surface area contributed by atoms with E-state index in [0.717, 1.165) is 37.4 Å². The molecule has 8 heteroatoms. The van der Waals surface area contributed by atoms with Crippen LogP contribution in [0, 0.1) is 0 Å². The first kappa shape index (κ1) is 22.1. The van der Waals surface area contributed by atoms with Crippen LogP contribution in [-0.2, 0) is 16.0 Å². The first-order chi connectivity index (χ1) is 15.1. The van der Waals surface area contributed by atoms with Gasteiger partial charge in [-0.15, -0.1) is 11.3 Å². The number of likely N-dealkylation sites (tertiary alicyclic amines) is 1. The van der Waals surface area contributed by atoms with E-state index in [-0.39, 0.29) is 17.9 Å². The fourth-order valence-corrected chi connectivity index (χ4v) is 5.12. The second-order valence-electron chi connectivity index (χ2n) is 7.95. The molecule has 0 N–H and O–H groups in total. The molecule has 2 fully saturated rings. The lowest BCUT2D eigenvalue weighted by Gasteiger charge is -2.37. The van der Waals surface area contributed by atoms with Gasteiger partial charge < -0.3 is 14.5 Å². The summed E-state index contributed by atoms with van der Waals surface area (Å²) in [6.07, 6.45) is 2.05. The van der Waals surface area contributed by atoms with Gasteiger partial charge in [-0.3, -0.25) is 14.5 Å². The van der Waals surface area contributed by atoms with Crippen molar-refractivity contribution >= 4 is 34.8 Å². The van der Waals surface area contributed by atoms with Gasteiger partial charge in [0.1, 0.15) is 18.4 Å². The Labute approximate surface area is 192 Å². The Balaban J connectivity index is 1.23. The Morgan fingerprint density at radius 1 is 1.06 bits per heavy atom. The van der Waals surface area contributed by atoms with Crippen LogP contribution in [-0.4, -0.2) is 78.4 Å². The molecule has 0 radical (unpaired) electrons. The predicted octanol–water partition coefficient (Wildman–Crippen LogP) is 3.16. The van der Waals surface area contributed by atoms with Crippen molar-refractivity contribution in [2.75, 3.05) is 45.9 Å². The van der Waals surface area contributed by atoms with Crippen LogP contribution in [0.5, 0.6) is 5.75 Å². The average Bonchev–Trinajstić information content (AvgIpc) is 3.47. The normalized spacial score (nSPS) is 19.6. The standard InChI is InChI=1S/C23H28ClN3O3S/c24-19-6-1-2-8-21(19)30-15-14-25-10-12-26(13-11-25)23(29)20-7-3-9-27(20)22(28)17-18-5-4-16-31-18/h1-2,4-6,8,16,20H,3,7,9-15,17H2. The predicted molar refractivity (Wildman–Crippen MR) is 123 cm³/mol. The summed E-state index contributed by atoms with van der Waals surface area (Å²) < 4.78 is 5.78. The maximum absolute atomic E-state index is 13.1. The molecule has 2 amide bonds. The molecule has 2 aliphatic heterocycles. The molecule has 3 heterocycles. The number of para-hydroxylation sites is 1. The van der Waals surface area contributed by atoms with E-state index in [2.05, 4.69) is 4.90 Å². The number of benzene rings is 1. The smallest absolute Gasteiger partial charge is 0.245 e.